The van der Waals surface area contributed by atoms with Crippen LogP contribution in [0, 0.1) is 11.8 Å². The van der Waals surface area contributed by atoms with Gasteiger partial charge in [-0.3, -0.25) is 14.4 Å². The number of fused-ring (bicyclic) bond motifs is 1. The number of hydrogen-bond acceptors (Lipinski definition) is 5. The van der Waals surface area contributed by atoms with E-state index in [1.54, 1.807) is 4.90 Å². The van der Waals surface area contributed by atoms with Crippen LogP contribution in [0.1, 0.15) is 50.2 Å². The molecule has 3 aliphatic rings. The number of aliphatic hydroxyl groups is 1. The monoisotopic (exact) mass is 533 g/mol. The van der Waals surface area contributed by atoms with E-state index >= 15 is 0 Å². The molecule has 0 aliphatic carbocycles. The zero-order valence-corrected chi connectivity index (χ0v) is 22.6. The van der Waals surface area contributed by atoms with Crippen LogP contribution in [0.15, 0.2) is 60.7 Å². The van der Waals surface area contributed by atoms with Crippen molar-refractivity contribution in [3.05, 3.63) is 71.8 Å². The number of carbonyl (C=O) groups is 3. The Morgan fingerprint density at radius 3 is 2.38 bits per heavy atom. The van der Waals surface area contributed by atoms with Crippen molar-refractivity contribution < 1.29 is 24.2 Å². The molecule has 2 aromatic rings. The molecule has 0 aromatic heterocycles. The number of hydrogen-bond donors (Lipinski definition) is 3. The largest absolute Gasteiger partial charge is 0.394 e. The lowest BCUT2D eigenvalue weighted by molar-refractivity contribution is -0.145. The number of nitrogens with one attached hydrogen (secondary N) is 2. The van der Waals surface area contributed by atoms with Crippen molar-refractivity contribution in [3.8, 4) is 0 Å². The van der Waals surface area contributed by atoms with E-state index in [0.717, 1.165) is 30.4 Å². The van der Waals surface area contributed by atoms with Gasteiger partial charge in [-0.15, -0.1) is 0 Å². The number of ether oxygens (including phenoxy) is 1. The third-order valence-corrected chi connectivity index (χ3v) is 8.60. The number of aliphatic hydroxyl groups excluding tert-OH is 1. The van der Waals surface area contributed by atoms with Gasteiger partial charge in [-0.2, -0.15) is 0 Å². The van der Waals surface area contributed by atoms with Crippen LogP contribution in [0.4, 0.5) is 0 Å². The Labute approximate surface area is 230 Å². The minimum Gasteiger partial charge on any atom is -0.394 e. The summed E-state index contributed by atoms with van der Waals surface area (Å²) in [7, 11) is 0. The fourth-order valence-electron chi connectivity index (χ4n) is 6.81. The van der Waals surface area contributed by atoms with Gasteiger partial charge in [0.2, 0.25) is 17.7 Å². The predicted molar refractivity (Wildman–Crippen MR) is 146 cm³/mol. The van der Waals surface area contributed by atoms with Gasteiger partial charge in [0, 0.05) is 13.1 Å². The number of nitrogens with zero attached hydrogens (tertiary/aromatic N) is 1. The second kappa shape index (κ2) is 11.9. The van der Waals surface area contributed by atoms with Crippen LogP contribution in [0.25, 0.3) is 0 Å². The Hall–Kier alpha value is -3.23. The average molecular weight is 534 g/mol. The van der Waals surface area contributed by atoms with E-state index in [1.165, 1.54) is 0 Å². The fraction of sp³-hybridized carbons (Fsp3) is 0.516. The zero-order valence-electron chi connectivity index (χ0n) is 22.6. The molecule has 39 heavy (non-hydrogen) atoms. The molecular formula is C31H39N3O5. The lowest BCUT2D eigenvalue weighted by Gasteiger charge is -2.36. The highest BCUT2D eigenvalue weighted by Gasteiger charge is 2.75. The summed E-state index contributed by atoms with van der Waals surface area (Å²) in [5.74, 6) is -2.20. The van der Waals surface area contributed by atoms with Crippen molar-refractivity contribution in [2.75, 3.05) is 13.2 Å². The van der Waals surface area contributed by atoms with E-state index in [2.05, 4.69) is 17.6 Å². The van der Waals surface area contributed by atoms with Gasteiger partial charge >= 0.3 is 0 Å². The molecule has 8 nitrogen and oxygen atoms in total. The van der Waals surface area contributed by atoms with Gasteiger partial charge in [-0.1, -0.05) is 80.4 Å². The summed E-state index contributed by atoms with van der Waals surface area (Å²) in [6.45, 7) is 2.68. The molecule has 0 saturated carbocycles. The first-order valence-electron chi connectivity index (χ1n) is 14.2. The Bertz CT molecular complexity index is 1160. The average Bonchev–Trinajstić information content (AvgIpc) is 3.61. The molecule has 5 rings (SSSR count). The Kier molecular flexibility index (Phi) is 8.33. The van der Waals surface area contributed by atoms with Crippen LogP contribution in [-0.2, 0) is 32.1 Å². The number of likely N-dealkylation sites (tertiary alicyclic amines) is 1. The second-order valence-corrected chi connectivity index (χ2v) is 11.0. The van der Waals surface area contributed by atoms with Gasteiger partial charge in [-0.25, -0.2) is 0 Å². The molecule has 6 atom stereocenters. The maximum absolute atomic E-state index is 14.2. The maximum Gasteiger partial charge on any atom is 0.245 e. The van der Waals surface area contributed by atoms with Crippen LogP contribution < -0.4 is 10.6 Å². The third kappa shape index (κ3) is 5.20. The topological polar surface area (TPSA) is 108 Å². The highest BCUT2D eigenvalue weighted by Crippen LogP contribution is 2.58. The van der Waals surface area contributed by atoms with Crippen LogP contribution in [0.5, 0.6) is 0 Å². The summed E-state index contributed by atoms with van der Waals surface area (Å²) in [5, 5.41) is 16.5. The van der Waals surface area contributed by atoms with Gasteiger partial charge in [0.15, 0.2) is 0 Å². The molecule has 3 N–H and O–H groups in total. The quantitative estimate of drug-likeness (QED) is 0.364. The van der Waals surface area contributed by atoms with Crippen molar-refractivity contribution in [2.45, 2.75) is 75.8 Å². The molecule has 0 radical (unpaired) electrons. The first-order chi connectivity index (χ1) is 19.0. The summed E-state index contributed by atoms with van der Waals surface area (Å²) in [5.41, 5.74) is 0.857. The zero-order chi connectivity index (χ0) is 27.4. The lowest BCUT2D eigenvalue weighted by atomic mass is 9.70. The minimum atomic E-state index is -1.07. The summed E-state index contributed by atoms with van der Waals surface area (Å²) in [4.78, 5) is 43.1. The number of carbonyl (C=O) groups excluding carboxylic acids is 3. The molecule has 3 fully saturated rings. The van der Waals surface area contributed by atoms with Gasteiger partial charge < -0.3 is 25.4 Å². The number of amides is 3. The summed E-state index contributed by atoms with van der Waals surface area (Å²) in [6, 6.07) is 17.8. The minimum absolute atomic E-state index is 0.226. The van der Waals surface area contributed by atoms with Crippen molar-refractivity contribution in [1.29, 1.82) is 0 Å². The number of unbranched alkanes of at least 4 members (excludes halogenated alkanes) is 2. The van der Waals surface area contributed by atoms with Crippen molar-refractivity contribution in [2.24, 2.45) is 11.8 Å². The standard InChI is InChI=1S/C31H39N3O5/c1-2-3-10-17-32-29(37)27-31-16-15-24(39-31)25(28(36)33-19-22-13-8-5-9-14-22)26(31)30(38)34(27)23(20-35)18-21-11-6-4-7-12-21/h4-9,11-14,23-27,35H,2-3,10,15-20H2,1H3,(H,32,37)(H,33,36)/t23-,24+,25-,26+,27?,31?/m1/s1. The molecule has 208 valence electrons. The molecule has 3 heterocycles. The normalized spacial score (nSPS) is 27.8. The highest BCUT2D eigenvalue weighted by molar-refractivity contribution is 5.99. The molecule has 3 aliphatic heterocycles. The van der Waals surface area contributed by atoms with Crippen LogP contribution in [-0.4, -0.2) is 64.7 Å². The molecule has 2 bridgehead atoms. The van der Waals surface area contributed by atoms with E-state index in [1.807, 2.05) is 60.7 Å². The van der Waals surface area contributed by atoms with E-state index in [9.17, 15) is 19.5 Å². The van der Waals surface area contributed by atoms with Gasteiger partial charge in [0.25, 0.3) is 0 Å². The van der Waals surface area contributed by atoms with E-state index < -0.39 is 35.6 Å². The van der Waals surface area contributed by atoms with Crippen molar-refractivity contribution in [1.82, 2.24) is 15.5 Å². The SMILES string of the molecule is CCCCCNC(=O)C1N([C@@H](CO)Cc2ccccc2)C(=O)[C@@H]2[C@H](C(=O)NCc3ccccc3)[C@@H]3CCC12O3. The predicted octanol–water partition coefficient (Wildman–Crippen LogP) is 2.59. The molecule has 3 amide bonds. The van der Waals surface area contributed by atoms with Gasteiger partial charge in [-0.05, 0) is 36.8 Å². The molecule has 2 unspecified atom stereocenters. The van der Waals surface area contributed by atoms with E-state index in [-0.39, 0.29) is 24.3 Å². The molecule has 2 aromatic carbocycles. The maximum atomic E-state index is 14.2. The first-order valence-corrected chi connectivity index (χ1v) is 14.2. The van der Waals surface area contributed by atoms with Crippen molar-refractivity contribution >= 4 is 17.7 Å². The Morgan fingerprint density at radius 1 is 1.03 bits per heavy atom. The number of rotatable bonds is 12. The van der Waals surface area contributed by atoms with Gasteiger partial charge in [0.05, 0.1) is 30.6 Å². The van der Waals surface area contributed by atoms with Crippen LogP contribution >= 0.6 is 0 Å². The Morgan fingerprint density at radius 2 is 1.72 bits per heavy atom. The molecule has 3 saturated heterocycles. The smallest absolute Gasteiger partial charge is 0.245 e. The number of benzene rings is 2. The second-order valence-electron chi connectivity index (χ2n) is 11.0. The molecular weight excluding hydrogens is 494 g/mol. The lowest BCUT2D eigenvalue weighted by Crippen LogP contribution is -2.58. The Balaban J connectivity index is 1.43. The summed E-state index contributed by atoms with van der Waals surface area (Å²) in [6.07, 6.45) is 4.02. The molecule has 1 spiro atoms. The van der Waals surface area contributed by atoms with Gasteiger partial charge in [0.1, 0.15) is 11.6 Å². The highest BCUT2D eigenvalue weighted by atomic mass is 16.5. The third-order valence-electron chi connectivity index (χ3n) is 8.60. The summed E-state index contributed by atoms with van der Waals surface area (Å²) < 4.78 is 6.51. The van der Waals surface area contributed by atoms with E-state index in [4.69, 9.17) is 4.74 Å². The van der Waals surface area contributed by atoms with Crippen LogP contribution in [0.2, 0.25) is 0 Å². The van der Waals surface area contributed by atoms with E-state index in [0.29, 0.717) is 32.4 Å². The molecule has 8 heteroatoms. The van der Waals surface area contributed by atoms with Crippen molar-refractivity contribution in [3.63, 3.8) is 0 Å². The van der Waals surface area contributed by atoms with Crippen LogP contribution in [0.3, 0.4) is 0 Å². The summed E-state index contributed by atoms with van der Waals surface area (Å²) >= 11 is 0. The first kappa shape index (κ1) is 27.3. The fourth-order valence-corrected chi connectivity index (χ4v) is 6.81.